The molecule has 0 N–H and O–H groups in total. The highest BCUT2D eigenvalue weighted by molar-refractivity contribution is 5.94. The minimum absolute atomic E-state index is 0.00696. The first-order chi connectivity index (χ1) is 11.3. The number of rotatable bonds is 4. The third-order valence-electron chi connectivity index (χ3n) is 4.36. The normalized spacial score (nSPS) is 18.7. The van der Waals surface area contributed by atoms with Crippen molar-refractivity contribution in [2.24, 2.45) is 0 Å². The first-order valence-electron chi connectivity index (χ1n) is 8.46. The fourth-order valence-electron chi connectivity index (χ4n) is 3.17. The van der Waals surface area contributed by atoms with Crippen LogP contribution in [0.25, 0.3) is 0 Å². The van der Waals surface area contributed by atoms with Gasteiger partial charge in [0.1, 0.15) is 11.5 Å². The van der Waals surface area contributed by atoms with Crippen LogP contribution in [0.2, 0.25) is 0 Å². The lowest BCUT2D eigenvalue weighted by Crippen LogP contribution is -2.35. The molecule has 2 aromatic rings. The third kappa shape index (κ3) is 3.60. The van der Waals surface area contributed by atoms with Gasteiger partial charge in [0.05, 0.1) is 6.04 Å². The van der Waals surface area contributed by atoms with Crippen LogP contribution in [0.1, 0.15) is 66.9 Å². The van der Waals surface area contributed by atoms with Crippen LogP contribution < -0.4 is 0 Å². The van der Waals surface area contributed by atoms with Gasteiger partial charge < -0.3 is 9.42 Å². The molecular formula is C18H23N3O2. The molecular weight excluding hydrogens is 290 g/mol. The van der Waals surface area contributed by atoms with E-state index in [-0.39, 0.29) is 11.9 Å². The number of likely N-dealkylation sites (tertiary alicyclic amines) is 1. The Morgan fingerprint density at radius 3 is 2.91 bits per heavy atom. The summed E-state index contributed by atoms with van der Waals surface area (Å²) >= 11 is 0. The molecule has 1 amide bonds. The highest BCUT2D eigenvalue weighted by Gasteiger charge is 2.29. The Kier molecular flexibility index (Phi) is 5.05. The molecule has 3 rings (SSSR count). The average molecular weight is 313 g/mol. The predicted octanol–water partition coefficient (Wildman–Crippen LogP) is 3.78. The van der Waals surface area contributed by atoms with E-state index in [1.165, 1.54) is 0 Å². The van der Waals surface area contributed by atoms with E-state index in [1.807, 2.05) is 11.0 Å². The van der Waals surface area contributed by atoms with Crippen LogP contribution >= 0.6 is 0 Å². The molecule has 1 aliphatic rings. The van der Waals surface area contributed by atoms with Crippen LogP contribution in [0.3, 0.4) is 0 Å². The van der Waals surface area contributed by atoms with Crippen LogP contribution in [-0.4, -0.2) is 27.5 Å². The molecule has 2 aromatic heterocycles. The van der Waals surface area contributed by atoms with E-state index in [9.17, 15) is 4.79 Å². The molecule has 1 saturated heterocycles. The van der Waals surface area contributed by atoms with Gasteiger partial charge in [-0.15, -0.1) is 0 Å². The lowest BCUT2D eigenvalue weighted by Gasteiger charge is -2.28. The highest BCUT2D eigenvalue weighted by Crippen LogP contribution is 2.31. The zero-order chi connectivity index (χ0) is 16.1. The number of carbonyl (C=O) groups is 1. The van der Waals surface area contributed by atoms with Crippen molar-refractivity contribution in [2.75, 3.05) is 6.54 Å². The van der Waals surface area contributed by atoms with Crippen molar-refractivity contribution in [3.8, 4) is 0 Å². The first kappa shape index (κ1) is 15.7. The molecule has 0 radical (unpaired) electrons. The van der Waals surface area contributed by atoms with Gasteiger partial charge in [-0.1, -0.05) is 24.9 Å². The van der Waals surface area contributed by atoms with E-state index in [4.69, 9.17) is 4.52 Å². The highest BCUT2D eigenvalue weighted by atomic mass is 16.5. The molecule has 1 aliphatic heterocycles. The molecule has 0 bridgehead atoms. The number of hydrogen-bond acceptors (Lipinski definition) is 4. The Hall–Kier alpha value is -2.17. The summed E-state index contributed by atoms with van der Waals surface area (Å²) in [5, 5.41) is 4.25. The molecule has 1 fully saturated rings. The van der Waals surface area contributed by atoms with Crippen molar-refractivity contribution in [1.29, 1.82) is 0 Å². The van der Waals surface area contributed by atoms with Crippen LogP contribution in [0.4, 0.5) is 0 Å². The summed E-state index contributed by atoms with van der Waals surface area (Å²) in [7, 11) is 0. The second-order valence-electron chi connectivity index (χ2n) is 6.07. The standard InChI is InChI=1S/C18H23N3O2/c1-2-6-15-13-16(20-23-15)17-7-4-3-5-12-21(17)18(22)14-8-10-19-11-9-14/h8-11,13,17H,2-7,12H2,1H3. The van der Waals surface area contributed by atoms with Gasteiger partial charge in [-0.2, -0.15) is 0 Å². The van der Waals surface area contributed by atoms with E-state index in [0.717, 1.165) is 56.5 Å². The maximum atomic E-state index is 12.9. The zero-order valence-corrected chi connectivity index (χ0v) is 13.6. The fourth-order valence-corrected chi connectivity index (χ4v) is 3.17. The van der Waals surface area contributed by atoms with Gasteiger partial charge >= 0.3 is 0 Å². The fraction of sp³-hybridized carbons (Fsp3) is 0.500. The molecule has 0 spiro atoms. The number of pyridine rings is 1. The second kappa shape index (κ2) is 7.40. The summed E-state index contributed by atoms with van der Waals surface area (Å²) in [5.41, 5.74) is 1.57. The molecule has 0 aliphatic carbocycles. The molecule has 1 unspecified atom stereocenters. The number of nitrogens with zero attached hydrogens (tertiary/aromatic N) is 3. The van der Waals surface area contributed by atoms with Crippen LogP contribution in [-0.2, 0) is 6.42 Å². The summed E-state index contributed by atoms with van der Waals surface area (Å²) in [6.45, 7) is 2.88. The van der Waals surface area contributed by atoms with Gasteiger partial charge in [-0.25, -0.2) is 0 Å². The Labute approximate surface area is 136 Å². The minimum atomic E-state index is 0.00696. The van der Waals surface area contributed by atoms with E-state index in [0.29, 0.717) is 5.56 Å². The SMILES string of the molecule is CCCc1cc(C2CCCCCN2C(=O)c2ccncc2)no1. The largest absolute Gasteiger partial charge is 0.361 e. The van der Waals surface area contributed by atoms with Crippen molar-refractivity contribution in [3.05, 3.63) is 47.6 Å². The van der Waals surface area contributed by atoms with Crippen LogP contribution in [0.5, 0.6) is 0 Å². The number of aryl methyl sites for hydroxylation is 1. The maximum Gasteiger partial charge on any atom is 0.254 e. The summed E-state index contributed by atoms with van der Waals surface area (Å²) in [4.78, 5) is 18.9. The van der Waals surface area contributed by atoms with E-state index < -0.39 is 0 Å². The monoisotopic (exact) mass is 313 g/mol. The smallest absolute Gasteiger partial charge is 0.254 e. The zero-order valence-electron chi connectivity index (χ0n) is 13.6. The lowest BCUT2D eigenvalue weighted by atomic mass is 10.0. The van der Waals surface area contributed by atoms with Gasteiger partial charge in [0, 0.05) is 37.0 Å². The molecule has 5 nitrogen and oxygen atoms in total. The summed E-state index contributed by atoms with van der Waals surface area (Å²) in [6.07, 6.45) is 9.47. The second-order valence-corrected chi connectivity index (χ2v) is 6.07. The van der Waals surface area contributed by atoms with Crippen molar-refractivity contribution in [3.63, 3.8) is 0 Å². The van der Waals surface area contributed by atoms with Gasteiger partial charge in [0.15, 0.2) is 0 Å². The number of hydrogen-bond donors (Lipinski definition) is 0. The molecule has 3 heterocycles. The topological polar surface area (TPSA) is 59.2 Å². The Morgan fingerprint density at radius 1 is 1.30 bits per heavy atom. The number of carbonyl (C=O) groups excluding carboxylic acids is 1. The van der Waals surface area contributed by atoms with Crippen LogP contribution in [0, 0.1) is 0 Å². The van der Waals surface area contributed by atoms with Gasteiger partial charge in [-0.05, 0) is 31.4 Å². The molecule has 122 valence electrons. The third-order valence-corrected chi connectivity index (χ3v) is 4.36. The van der Waals surface area contributed by atoms with E-state index >= 15 is 0 Å². The predicted molar refractivity (Wildman–Crippen MR) is 87.0 cm³/mol. The van der Waals surface area contributed by atoms with Crippen molar-refractivity contribution < 1.29 is 9.32 Å². The first-order valence-corrected chi connectivity index (χ1v) is 8.46. The van der Waals surface area contributed by atoms with Crippen molar-refractivity contribution in [1.82, 2.24) is 15.0 Å². The molecule has 0 aromatic carbocycles. The maximum absolute atomic E-state index is 12.9. The summed E-state index contributed by atoms with van der Waals surface area (Å²) in [6, 6.07) is 5.57. The molecule has 5 heteroatoms. The van der Waals surface area contributed by atoms with Gasteiger partial charge in [-0.3, -0.25) is 9.78 Å². The Balaban J connectivity index is 1.86. The van der Waals surface area contributed by atoms with Crippen LogP contribution in [0.15, 0.2) is 35.1 Å². The van der Waals surface area contributed by atoms with E-state index in [1.54, 1.807) is 24.5 Å². The lowest BCUT2D eigenvalue weighted by molar-refractivity contribution is 0.0674. The number of aromatic nitrogens is 2. The molecule has 1 atom stereocenters. The number of amides is 1. The average Bonchev–Trinajstić information content (AvgIpc) is 2.91. The summed E-state index contributed by atoms with van der Waals surface area (Å²) in [5.74, 6) is 0.961. The van der Waals surface area contributed by atoms with Gasteiger partial charge in [0.2, 0.25) is 0 Å². The Bertz CT molecular complexity index is 639. The minimum Gasteiger partial charge on any atom is -0.361 e. The summed E-state index contributed by atoms with van der Waals surface area (Å²) < 4.78 is 5.43. The van der Waals surface area contributed by atoms with Crippen molar-refractivity contribution >= 4 is 5.91 Å². The Morgan fingerprint density at radius 2 is 2.13 bits per heavy atom. The van der Waals surface area contributed by atoms with Gasteiger partial charge in [0.25, 0.3) is 5.91 Å². The van der Waals surface area contributed by atoms with E-state index in [2.05, 4.69) is 17.1 Å². The quantitative estimate of drug-likeness (QED) is 0.862. The molecule has 0 saturated carbocycles. The molecule has 23 heavy (non-hydrogen) atoms. The van der Waals surface area contributed by atoms with Crippen molar-refractivity contribution in [2.45, 2.75) is 51.5 Å².